The van der Waals surface area contributed by atoms with Gasteiger partial charge in [0.25, 0.3) is 0 Å². The summed E-state index contributed by atoms with van der Waals surface area (Å²) in [6.07, 6.45) is 2.60. The van der Waals surface area contributed by atoms with Gasteiger partial charge in [-0.05, 0) is 49.9 Å². The van der Waals surface area contributed by atoms with Crippen LogP contribution in [0.3, 0.4) is 0 Å². The fraction of sp³-hybridized carbons (Fsp3) is 0.450. The minimum atomic E-state index is 0.397. The van der Waals surface area contributed by atoms with E-state index in [4.69, 9.17) is 4.99 Å². The first-order chi connectivity index (χ1) is 12.4. The van der Waals surface area contributed by atoms with Crippen LogP contribution in [0.2, 0.25) is 0 Å². The van der Waals surface area contributed by atoms with Crippen LogP contribution in [0, 0.1) is 0 Å². The Labute approximate surface area is 155 Å². The lowest BCUT2D eigenvalue weighted by Crippen LogP contribution is -2.42. The molecule has 1 atom stereocenters. The van der Waals surface area contributed by atoms with Crippen molar-refractivity contribution in [2.45, 2.75) is 32.4 Å². The summed E-state index contributed by atoms with van der Waals surface area (Å²) < 4.78 is 0. The Morgan fingerprint density at radius 1 is 1.12 bits per heavy atom. The molecular weight excluding hydrogens is 328 g/mol. The highest BCUT2D eigenvalue weighted by molar-refractivity contribution is 7.09. The molecule has 4 nitrogen and oxygen atoms in total. The Balaban J connectivity index is 1.66. The van der Waals surface area contributed by atoms with Crippen molar-refractivity contribution in [2.75, 3.05) is 26.2 Å². The number of rotatable bonds is 7. The highest BCUT2D eigenvalue weighted by Crippen LogP contribution is 2.24. The van der Waals surface area contributed by atoms with Crippen LogP contribution in [0.15, 0.2) is 52.8 Å². The van der Waals surface area contributed by atoms with Gasteiger partial charge in [0.2, 0.25) is 0 Å². The third-order valence-corrected chi connectivity index (χ3v) is 5.41. The number of thiophene rings is 1. The van der Waals surface area contributed by atoms with Gasteiger partial charge in [-0.15, -0.1) is 11.3 Å². The van der Waals surface area contributed by atoms with E-state index in [-0.39, 0.29) is 0 Å². The number of likely N-dealkylation sites (tertiary alicyclic amines) is 1. The topological polar surface area (TPSA) is 39.7 Å². The summed E-state index contributed by atoms with van der Waals surface area (Å²) in [7, 11) is 0. The lowest BCUT2D eigenvalue weighted by atomic mass is 10.1. The normalized spacial score (nSPS) is 16.8. The third kappa shape index (κ3) is 5.31. The van der Waals surface area contributed by atoms with Crippen molar-refractivity contribution >= 4 is 17.3 Å². The molecule has 2 N–H and O–H groups in total. The summed E-state index contributed by atoms with van der Waals surface area (Å²) >= 11 is 1.75. The van der Waals surface area contributed by atoms with Gasteiger partial charge in [0.05, 0.1) is 12.6 Å². The average Bonchev–Trinajstić information content (AvgIpc) is 3.35. The first-order valence-corrected chi connectivity index (χ1v) is 10.1. The summed E-state index contributed by atoms with van der Waals surface area (Å²) in [6, 6.07) is 15.4. The quantitative estimate of drug-likeness (QED) is 0.588. The molecule has 2 aromatic rings. The molecule has 1 aromatic heterocycles. The van der Waals surface area contributed by atoms with Gasteiger partial charge in [0.1, 0.15) is 0 Å². The van der Waals surface area contributed by atoms with Gasteiger partial charge in [0, 0.05) is 18.0 Å². The predicted octanol–water partition coefficient (Wildman–Crippen LogP) is 3.64. The standard InChI is InChI=1S/C20H28N4S/c1-2-21-20(22-15-18-11-8-14-25-18)23-16-19(24-12-6-7-13-24)17-9-4-3-5-10-17/h3-5,8-11,14,19H,2,6-7,12-13,15-16H2,1H3,(H2,21,22,23). The Kier molecular flexibility index (Phi) is 6.89. The summed E-state index contributed by atoms with van der Waals surface area (Å²) in [5.41, 5.74) is 1.38. The van der Waals surface area contributed by atoms with E-state index in [0.29, 0.717) is 6.04 Å². The van der Waals surface area contributed by atoms with Crippen LogP contribution >= 0.6 is 11.3 Å². The maximum Gasteiger partial charge on any atom is 0.191 e. The fourth-order valence-corrected chi connectivity index (χ4v) is 3.91. The summed E-state index contributed by atoms with van der Waals surface area (Å²) in [5, 5.41) is 9.03. The molecule has 0 aliphatic carbocycles. The van der Waals surface area contributed by atoms with E-state index in [0.717, 1.165) is 25.6 Å². The lowest BCUT2D eigenvalue weighted by Gasteiger charge is -2.29. The first kappa shape index (κ1) is 18.0. The monoisotopic (exact) mass is 356 g/mol. The van der Waals surface area contributed by atoms with Crippen molar-refractivity contribution < 1.29 is 0 Å². The predicted molar refractivity (Wildman–Crippen MR) is 107 cm³/mol. The van der Waals surface area contributed by atoms with Crippen LogP contribution in [0.1, 0.15) is 36.2 Å². The van der Waals surface area contributed by atoms with Gasteiger partial charge in [-0.2, -0.15) is 0 Å². The van der Waals surface area contributed by atoms with E-state index in [1.54, 1.807) is 11.3 Å². The molecule has 0 bridgehead atoms. The zero-order valence-electron chi connectivity index (χ0n) is 14.9. The van der Waals surface area contributed by atoms with Crippen molar-refractivity contribution in [3.05, 3.63) is 58.3 Å². The zero-order chi connectivity index (χ0) is 17.3. The van der Waals surface area contributed by atoms with E-state index in [1.165, 1.54) is 36.4 Å². The van der Waals surface area contributed by atoms with Crippen LogP contribution in [-0.2, 0) is 6.54 Å². The average molecular weight is 357 g/mol. The Bertz CT molecular complexity index is 633. The molecule has 1 aromatic carbocycles. The molecular formula is C20H28N4S. The van der Waals surface area contributed by atoms with Gasteiger partial charge in [-0.25, -0.2) is 4.99 Å². The molecule has 3 rings (SSSR count). The van der Waals surface area contributed by atoms with Crippen molar-refractivity contribution in [1.29, 1.82) is 0 Å². The van der Waals surface area contributed by atoms with Gasteiger partial charge in [-0.3, -0.25) is 4.90 Å². The number of nitrogens with zero attached hydrogens (tertiary/aromatic N) is 2. The van der Waals surface area contributed by atoms with Crippen LogP contribution < -0.4 is 10.6 Å². The Morgan fingerprint density at radius 3 is 2.60 bits per heavy atom. The number of nitrogens with one attached hydrogen (secondary N) is 2. The maximum absolute atomic E-state index is 4.73. The van der Waals surface area contributed by atoms with Crippen molar-refractivity contribution in [3.8, 4) is 0 Å². The molecule has 0 amide bonds. The molecule has 2 heterocycles. The van der Waals surface area contributed by atoms with E-state index >= 15 is 0 Å². The largest absolute Gasteiger partial charge is 0.357 e. The first-order valence-electron chi connectivity index (χ1n) is 9.20. The van der Waals surface area contributed by atoms with Gasteiger partial charge in [0.15, 0.2) is 5.96 Å². The third-order valence-electron chi connectivity index (χ3n) is 4.55. The number of benzene rings is 1. The van der Waals surface area contributed by atoms with E-state index < -0.39 is 0 Å². The second kappa shape index (κ2) is 9.59. The Morgan fingerprint density at radius 2 is 1.92 bits per heavy atom. The summed E-state index contributed by atoms with van der Waals surface area (Å²) in [6.45, 7) is 6.95. The highest BCUT2D eigenvalue weighted by Gasteiger charge is 2.23. The molecule has 134 valence electrons. The molecule has 0 saturated carbocycles. The van der Waals surface area contributed by atoms with Crippen LogP contribution in [-0.4, -0.2) is 37.0 Å². The van der Waals surface area contributed by atoms with Gasteiger partial charge < -0.3 is 10.6 Å². The van der Waals surface area contributed by atoms with Crippen LogP contribution in [0.25, 0.3) is 0 Å². The van der Waals surface area contributed by atoms with Crippen LogP contribution in [0.5, 0.6) is 0 Å². The summed E-state index contributed by atoms with van der Waals surface area (Å²) in [5.74, 6) is 0.899. The Hall–Kier alpha value is -1.85. The maximum atomic E-state index is 4.73. The van der Waals surface area contributed by atoms with E-state index in [2.05, 4.69) is 70.3 Å². The summed E-state index contributed by atoms with van der Waals surface area (Å²) in [4.78, 5) is 8.61. The molecule has 1 aliphatic heterocycles. The zero-order valence-corrected chi connectivity index (χ0v) is 15.8. The minimum Gasteiger partial charge on any atom is -0.357 e. The number of aliphatic imine (C=N–C) groups is 1. The number of hydrogen-bond donors (Lipinski definition) is 2. The van der Waals surface area contributed by atoms with Crippen molar-refractivity contribution in [1.82, 2.24) is 15.5 Å². The minimum absolute atomic E-state index is 0.397. The molecule has 1 saturated heterocycles. The van der Waals surface area contributed by atoms with Crippen LogP contribution in [0.4, 0.5) is 0 Å². The number of guanidine groups is 1. The van der Waals surface area contributed by atoms with Gasteiger partial charge >= 0.3 is 0 Å². The molecule has 1 fully saturated rings. The molecule has 1 unspecified atom stereocenters. The van der Waals surface area contributed by atoms with Gasteiger partial charge in [-0.1, -0.05) is 36.4 Å². The molecule has 25 heavy (non-hydrogen) atoms. The molecule has 0 radical (unpaired) electrons. The van der Waals surface area contributed by atoms with Crippen molar-refractivity contribution in [2.24, 2.45) is 4.99 Å². The smallest absolute Gasteiger partial charge is 0.191 e. The molecule has 1 aliphatic rings. The molecule has 0 spiro atoms. The second-order valence-corrected chi connectivity index (χ2v) is 7.36. The van der Waals surface area contributed by atoms with E-state index in [1.807, 2.05) is 0 Å². The molecule has 5 heteroatoms. The number of hydrogen-bond acceptors (Lipinski definition) is 3. The second-order valence-electron chi connectivity index (χ2n) is 6.32. The fourth-order valence-electron chi connectivity index (χ4n) is 3.28. The van der Waals surface area contributed by atoms with E-state index in [9.17, 15) is 0 Å². The van der Waals surface area contributed by atoms with Crippen molar-refractivity contribution in [3.63, 3.8) is 0 Å². The highest BCUT2D eigenvalue weighted by atomic mass is 32.1. The SMILES string of the molecule is CCNC(=NCc1cccs1)NCC(c1ccccc1)N1CCCC1. The lowest BCUT2D eigenvalue weighted by molar-refractivity contribution is 0.245.